The van der Waals surface area contributed by atoms with Gasteiger partial charge in [0.25, 0.3) is 0 Å². The molecule has 0 aliphatic heterocycles. The summed E-state index contributed by atoms with van der Waals surface area (Å²) in [6.07, 6.45) is 0. The molecule has 0 fully saturated rings. The van der Waals surface area contributed by atoms with Gasteiger partial charge in [0.1, 0.15) is 0 Å². The Labute approximate surface area is 316 Å². The normalized spacial score (nSPS) is 11.7. The molecule has 0 saturated heterocycles. The highest BCUT2D eigenvalue weighted by Gasteiger charge is 2.18. The highest BCUT2D eigenvalue weighted by Crippen LogP contribution is 2.42. The van der Waals surface area contributed by atoms with Gasteiger partial charge in [-0.2, -0.15) is 0 Å². The van der Waals surface area contributed by atoms with E-state index >= 15 is 0 Å². The third-order valence-electron chi connectivity index (χ3n) is 10.7. The molecule has 0 spiro atoms. The van der Waals surface area contributed by atoms with Crippen LogP contribution >= 0.6 is 11.3 Å². The fourth-order valence-electron chi connectivity index (χ4n) is 8.15. The van der Waals surface area contributed by atoms with E-state index in [1.54, 1.807) is 0 Å². The molecule has 252 valence electrons. The van der Waals surface area contributed by atoms with Crippen LogP contribution in [0.1, 0.15) is 0 Å². The lowest BCUT2D eigenvalue weighted by Crippen LogP contribution is -1.97. The largest absolute Gasteiger partial charge is 0.309 e. The van der Waals surface area contributed by atoms with Crippen LogP contribution in [-0.4, -0.2) is 14.5 Å². The quantitative estimate of drug-likeness (QED) is 0.178. The Hall–Kier alpha value is -6.88. The fourth-order valence-corrected chi connectivity index (χ4v) is 9.38. The average Bonchev–Trinajstić information content (AvgIpc) is 3.80. The Morgan fingerprint density at radius 3 is 1.65 bits per heavy atom. The summed E-state index contributed by atoms with van der Waals surface area (Å²) in [6.45, 7) is 0. The van der Waals surface area contributed by atoms with Crippen LogP contribution in [0, 0.1) is 0 Å². The summed E-state index contributed by atoms with van der Waals surface area (Å²) in [5.74, 6) is 0.718. The van der Waals surface area contributed by atoms with E-state index in [1.807, 2.05) is 17.4 Å². The van der Waals surface area contributed by atoms with Crippen molar-refractivity contribution in [2.45, 2.75) is 0 Å². The fraction of sp³-hybridized carbons (Fsp3) is 0. The van der Waals surface area contributed by atoms with Gasteiger partial charge in [-0.3, -0.25) is 0 Å². The Morgan fingerprint density at radius 1 is 0.370 bits per heavy atom. The van der Waals surface area contributed by atoms with Gasteiger partial charge in [-0.05, 0) is 58.3 Å². The summed E-state index contributed by atoms with van der Waals surface area (Å²) < 4.78 is 4.89. The van der Waals surface area contributed by atoms with Gasteiger partial charge in [-0.25, -0.2) is 9.97 Å². The van der Waals surface area contributed by atoms with E-state index < -0.39 is 0 Å². The molecule has 0 amide bonds. The smallest absolute Gasteiger partial charge is 0.160 e. The minimum Gasteiger partial charge on any atom is -0.309 e. The number of benzene rings is 8. The lowest BCUT2D eigenvalue weighted by molar-refractivity contribution is 1.18. The second-order valence-corrected chi connectivity index (χ2v) is 14.8. The van der Waals surface area contributed by atoms with Crippen molar-refractivity contribution in [3.63, 3.8) is 0 Å². The van der Waals surface area contributed by atoms with Crippen molar-refractivity contribution in [1.29, 1.82) is 0 Å². The first kappa shape index (κ1) is 30.7. The molecule has 3 heterocycles. The molecule has 0 unspecified atom stereocenters. The van der Waals surface area contributed by atoms with Crippen LogP contribution in [0.2, 0.25) is 0 Å². The van der Waals surface area contributed by atoms with Crippen LogP contribution in [-0.2, 0) is 0 Å². The average molecular weight is 706 g/mol. The molecule has 0 N–H and O–H groups in total. The van der Waals surface area contributed by atoms with Gasteiger partial charge in [0.05, 0.1) is 22.4 Å². The molecule has 0 saturated carbocycles. The Bertz CT molecular complexity index is 3160. The Balaban J connectivity index is 1.06. The van der Waals surface area contributed by atoms with Gasteiger partial charge < -0.3 is 4.57 Å². The van der Waals surface area contributed by atoms with E-state index in [9.17, 15) is 0 Å². The Morgan fingerprint density at radius 2 is 0.926 bits per heavy atom. The SMILES string of the molecule is c1ccc(-c2nc(-c3ccc(-c4ccc(-n5c6ccccc6c6ccccc65)cc4)c4ccccc34)cc(-c3cccc4c3sc3ccccc34)n2)cc1. The van der Waals surface area contributed by atoms with Crippen LogP contribution in [0.4, 0.5) is 0 Å². The van der Waals surface area contributed by atoms with Crippen molar-refractivity contribution in [2.24, 2.45) is 0 Å². The maximum atomic E-state index is 5.25. The van der Waals surface area contributed by atoms with Gasteiger partial charge in [0.2, 0.25) is 0 Å². The molecule has 54 heavy (non-hydrogen) atoms. The summed E-state index contributed by atoms with van der Waals surface area (Å²) in [4.78, 5) is 10.5. The number of hydrogen-bond acceptors (Lipinski definition) is 3. The summed E-state index contributed by atoms with van der Waals surface area (Å²) >= 11 is 1.83. The summed E-state index contributed by atoms with van der Waals surface area (Å²) in [5.41, 5.74) is 11.0. The number of para-hydroxylation sites is 2. The lowest BCUT2D eigenvalue weighted by Gasteiger charge is -2.15. The van der Waals surface area contributed by atoms with E-state index in [2.05, 4.69) is 187 Å². The molecule has 11 aromatic rings. The molecule has 8 aromatic carbocycles. The van der Waals surface area contributed by atoms with Crippen molar-refractivity contribution < 1.29 is 0 Å². The molecule has 3 aromatic heterocycles. The van der Waals surface area contributed by atoms with E-state index in [0.717, 1.165) is 45.0 Å². The maximum Gasteiger partial charge on any atom is 0.160 e. The Kier molecular flexibility index (Phi) is 7.04. The highest BCUT2D eigenvalue weighted by atomic mass is 32.1. The van der Waals surface area contributed by atoms with Gasteiger partial charge in [0.15, 0.2) is 5.82 Å². The number of fused-ring (bicyclic) bond motifs is 7. The number of hydrogen-bond donors (Lipinski definition) is 0. The molecule has 3 nitrogen and oxygen atoms in total. The van der Waals surface area contributed by atoms with Crippen LogP contribution in [0.25, 0.3) is 103 Å². The minimum absolute atomic E-state index is 0.718. The highest BCUT2D eigenvalue weighted by molar-refractivity contribution is 7.26. The predicted octanol–water partition coefficient (Wildman–Crippen LogP) is 13.8. The van der Waals surface area contributed by atoms with Crippen molar-refractivity contribution in [3.8, 4) is 50.7 Å². The molecular weight excluding hydrogens is 675 g/mol. The molecule has 4 heteroatoms. The second-order valence-electron chi connectivity index (χ2n) is 13.7. The molecule has 0 aliphatic rings. The van der Waals surface area contributed by atoms with Crippen molar-refractivity contribution in [3.05, 3.63) is 188 Å². The van der Waals surface area contributed by atoms with Gasteiger partial charge >= 0.3 is 0 Å². The molecular formula is C50H31N3S. The monoisotopic (exact) mass is 705 g/mol. The van der Waals surface area contributed by atoms with Crippen molar-refractivity contribution >= 4 is 64.1 Å². The molecule has 11 rings (SSSR count). The molecule has 0 bridgehead atoms. The first-order valence-corrected chi connectivity index (χ1v) is 19.1. The summed E-state index contributed by atoms with van der Waals surface area (Å²) in [6, 6.07) is 67.2. The summed E-state index contributed by atoms with van der Waals surface area (Å²) in [5, 5.41) is 7.41. The topological polar surface area (TPSA) is 30.7 Å². The maximum absolute atomic E-state index is 5.25. The summed E-state index contributed by atoms with van der Waals surface area (Å²) in [7, 11) is 0. The van der Waals surface area contributed by atoms with Crippen molar-refractivity contribution in [2.75, 3.05) is 0 Å². The zero-order chi connectivity index (χ0) is 35.6. The predicted molar refractivity (Wildman–Crippen MR) is 229 cm³/mol. The van der Waals surface area contributed by atoms with Gasteiger partial charge in [0, 0.05) is 53.3 Å². The molecule has 0 aliphatic carbocycles. The van der Waals surface area contributed by atoms with E-state index in [0.29, 0.717) is 0 Å². The van der Waals surface area contributed by atoms with Crippen LogP contribution in [0.5, 0.6) is 0 Å². The van der Waals surface area contributed by atoms with Crippen LogP contribution in [0.3, 0.4) is 0 Å². The van der Waals surface area contributed by atoms with Crippen molar-refractivity contribution in [1.82, 2.24) is 14.5 Å². The third-order valence-corrected chi connectivity index (χ3v) is 11.9. The van der Waals surface area contributed by atoms with E-state index in [4.69, 9.17) is 9.97 Å². The zero-order valence-corrected chi connectivity index (χ0v) is 30.0. The van der Waals surface area contributed by atoms with E-state index in [-0.39, 0.29) is 0 Å². The molecule has 0 radical (unpaired) electrons. The lowest BCUT2D eigenvalue weighted by atomic mass is 9.93. The first-order valence-electron chi connectivity index (χ1n) is 18.2. The third kappa shape index (κ3) is 4.88. The van der Waals surface area contributed by atoms with Crippen LogP contribution < -0.4 is 0 Å². The molecule has 0 atom stereocenters. The van der Waals surface area contributed by atoms with E-state index in [1.165, 1.54) is 58.5 Å². The van der Waals surface area contributed by atoms with Crippen LogP contribution in [0.15, 0.2) is 188 Å². The number of nitrogens with zero attached hydrogens (tertiary/aromatic N) is 3. The zero-order valence-electron chi connectivity index (χ0n) is 29.1. The first-order chi connectivity index (χ1) is 26.8. The second kappa shape index (κ2) is 12.4. The standard InChI is InChI=1S/C50H31N3S/c1-2-13-33(14-3-1)50-51-44(31-45(52-50)43-21-12-20-42-41-19-8-11-24-48(41)54-49(42)43)38-30-29-35(36-15-4-5-16-37(36)38)32-25-27-34(28-26-32)53-46-22-9-6-17-39(46)40-18-7-10-23-47(40)53/h1-31H. The minimum atomic E-state index is 0.718. The van der Waals surface area contributed by atoms with Gasteiger partial charge in [-0.1, -0.05) is 152 Å². The van der Waals surface area contributed by atoms with Gasteiger partial charge in [-0.15, -0.1) is 11.3 Å². The number of rotatable bonds is 5. The number of aromatic nitrogens is 3. The number of thiophene rings is 1.